The molecule has 54 heavy (non-hydrogen) atoms. The van der Waals surface area contributed by atoms with Gasteiger partial charge in [-0.1, -0.05) is 97.1 Å². The van der Waals surface area contributed by atoms with Crippen molar-refractivity contribution in [2.24, 2.45) is 0 Å². The van der Waals surface area contributed by atoms with Gasteiger partial charge in [0.05, 0.1) is 44.9 Å². The van der Waals surface area contributed by atoms with Gasteiger partial charge in [0.2, 0.25) is 0 Å². The highest BCUT2D eigenvalue weighted by atomic mass is 16.6. The van der Waals surface area contributed by atoms with Crippen molar-refractivity contribution in [3.63, 3.8) is 0 Å². The molecule has 0 saturated heterocycles. The Morgan fingerprint density at radius 3 is 1.57 bits per heavy atom. The monoisotopic (exact) mass is 710 g/mol. The third-order valence-electron chi connectivity index (χ3n) is 9.20. The summed E-state index contributed by atoms with van der Waals surface area (Å²) in [6, 6.07) is 43.6. The standard InChI is InChI=1S/C22H18N4O2.C22H20N4/c1-15(16-7-3-2-4-8-16)25-21-13-20(24-14-22(21)26(27)28)18-9-5-11-19-17(18)10-6-12-23-19;1-15(16-7-3-2-4-8-16)26-22-13-21(25-14-19(22)23)18-9-5-11-20-17(18)10-6-12-24-20/h2-15H,1H3,(H,24,25);2-15H,23H2,1H3,(H,25,26)/t2*15-/m11/s1. The zero-order valence-electron chi connectivity index (χ0n) is 29.8. The number of benzene rings is 4. The minimum atomic E-state index is -0.415. The summed E-state index contributed by atoms with van der Waals surface area (Å²) in [6.07, 6.45) is 6.57. The number of nitrogens with two attached hydrogens (primary N) is 1. The second-order valence-electron chi connectivity index (χ2n) is 12.8. The van der Waals surface area contributed by atoms with Gasteiger partial charge in [0.15, 0.2) is 0 Å². The molecule has 10 nitrogen and oxygen atoms in total. The van der Waals surface area contributed by atoms with Crippen LogP contribution in [0.5, 0.6) is 0 Å². The first kappa shape index (κ1) is 35.2. The fourth-order valence-corrected chi connectivity index (χ4v) is 6.36. The number of nitrogens with one attached hydrogen (secondary N) is 2. The quantitative estimate of drug-likeness (QED) is 0.0984. The summed E-state index contributed by atoms with van der Waals surface area (Å²) < 4.78 is 0. The zero-order chi connectivity index (χ0) is 37.4. The van der Waals surface area contributed by atoms with Gasteiger partial charge in [-0.2, -0.15) is 0 Å². The molecule has 0 bridgehead atoms. The van der Waals surface area contributed by atoms with Gasteiger partial charge in [0.1, 0.15) is 11.9 Å². The van der Waals surface area contributed by atoms with Crippen LogP contribution in [0.4, 0.5) is 22.7 Å². The molecular formula is C44H38N8O2. The molecule has 0 aliphatic heterocycles. The number of nitrogens with zero attached hydrogens (tertiary/aromatic N) is 5. The smallest absolute Gasteiger partial charge is 0.310 e. The van der Waals surface area contributed by atoms with Crippen LogP contribution < -0.4 is 16.4 Å². The van der Waals surface area contributed by atoms with E-state index < -0.39 is 4.92 Å². The topological polar surface area (TPSA) is 145 Å². The molecule has 0 amide bonds. The maximum atomic E-state index is 11.5. The van der Waals surface area contributed by atoms with Crippen molar-refractivity contribution >= 4 is 44.6 Å². The van der Waals surface area contributed by atoms with Gasteiger partial charge in [0.25, 0.3) is 0 Å². The number of aromatic nitrogens is 4. The van der Waals surface area contributed by atoms with Gasteiger partial charge in [-0.3, -0.25) is 25.1 Å². The lowest BCUT2D eigenvalue weighted by Gasteiger charge is -2.18. The number of fused-ring (bicyclic) bond motifs is 2. The molecule has 8 aromatic rings. The lowest BCUT2D eigenvalue weighted by atomic mass is 10.0. The normalized spacial score (nSPS) is 12.0. The van der Waals surface area contributed by atoms with E-state index in [9.17, 15) is 10.1 Å². The minimum Gasteiger partial charge on any atom is -0.396 e. The number of rotatable bonds is 9. The van der Waals surface area contributed by atoms with E-state index in [4.69, 9.17) is 5.73 Å². The Hall–Kier alpha value is -7.20. The molecule has 0 radical (unpaired) electrons. The molecule has 4 heterocycles. The maximum Gasteiger partial charge on any atom is 0.310 e. The van der Waals surface area contributed by atoms with E-state index in [0.717, 1.165) is 49.9 Å². The molecule has 0 aliphatic carbocycles. The molecule has 0 aliphatic rings. The lowest BCUT2D eigenvalue weighted by Crippen LogP contribution is -2.09. The number of nitro groups is 1. The highest BCUT2D eigenvalue weighted by Gasteiger charge is 2.19. The van der Waals surface area contributed by atoms with Crippen molar-refractivity contribution in [3.05, 3.63) is 179 Å². The van der Waals surface area contributed by atoms with Gasteiger partial charge in [-0.15, -0.1) is 0 Å². The molecular weight excluding hydrogens is 673 g/mol. The van der Waals surface area contributed by atoms with Crippen LogP contribution in [0, 0.1) is 10.1 Å². The summed E-state index contributed by atoms with van der Waals surface area (Å²) >= 11 is 0. The van der Waals surface area contributed by atoms with Crippen molar-refractivity contribution in [2.75, 3.05) is 16.4 Å². The van der Waals surface area contributed by atoms with Gasteiger partial charge in [0, 0.05) is 46.4 Å². The number of anilines is 3. The Morgan fingerprint density at radius 2 is 1.06 bits per heavy atom. The van der Waals surface area contributed by atoms with Crippen LogP contribution in [-0.4, -0.2) is 24.9 Å². The Kier molecular flexibility index (Phi) is 10.4. The van der Waals surface area contributed by atoms with E-state index >= 15 is 0 Å². The van der Waals surface area contributed by atoms with E-state index in [1.807, 2.05) is 110 Å². The van der Waals surface area contributed by atoms with E-state index in [-0.39, 0.29) is 17.8 Å². The second kappa shape index (κ2) is 16.0. The molecule has 0 spiro atoms. The predicted molar refractivity (Wildman–Crippen MR) is 218 cm³/mol. The molecule has 0 saturated carbocycles. The highest BCUT2D eigenvalue weighted by Crippen LogP contribution is 2.34. The predicted octanol–water partition coefficient (Wildman–Crippen LogP) is 10.4. The molecule has 2 atom stereocenters. The molecule has 4 aromatic heterocycles. The van der Waals surface area contributed by atoms with Gasteiger partial charge in [-0.25, -0.2) is 4.98 Å². The highest BCUT2D eigenvalue weighted by molar-refractivity contribution is 5.95. The van der Waals surface area contributed by atoms with Gasteiger partial charge in [-0.05, 0) is 61.4 Å². The summed E-state index contributed by atoms with van der Waals surface area (Å²) in [5.74, 6) is 0. The van der Waals surface area contributed by atoms with E-state index in [0.29, 0.717) is 17.1 Å². The van der Waals surface area contributed by atoms with Crippen LogP contribution in [0.15, 0.2) is 158 Å². The molecule has 8 rings (SSSR count). The number of hydrogen-bond acceptors (Lipinski definition) is 9. The summed E-state index contributed by atoms with van der Waals surface area (Å²) in [5, 5.41) is 20.3. The summed E-state index contributed by atoms with van der Waals surface area (Å²) in [5.41, 5.74) is 15.6. The number of pyridine rings is 4. The molecule has 4 aromatic carbocycles. The van der Waals surface area contributed by atoms with Gasteiger partial charge < -0.3 is 16.4 Å². The van der Waals surface area contributed by atoms with Crippen molar-refractivity contribution in [2.45, 2.75) is 25.9 Å². The zero-order valence-corrected chi connectivity index (χ0v) is 29.8. The van der Waals surface area contributed by atoms with Crippen molar-refractivity contribution in [1.29, 1.82) is 0 Å². The average Bonchev–Trinajstić information content (AvgIpc) is 3.22. The third kappa shape index (κ3) is 7.83. The Morgan fingerprint density at radius 1 is 0.574 bits per heavy atom. The fourth-order valence-electron chi connectivity index (χ4n) is 6.36. The van der Waals surface area contributed by atoms with Crippen LogP contribution in [0.1, 0.15) is 37.1 Å². The maximum absolute atomic E-state index is 11.5. The van der Waals surface area contributed by atoms with Gasteiger partial charge >= 0.3 is 5.69 Å². The second-order valence-corrected chi connectivity index (χ2v) is 12.8. The lowest BCUT2D eigenvalue weighted by molar-refractivity contribution is -0.384. The molecule has 4 N–H and O–H groups in total. The van der Waals surface area contributed by atoms with Crippen molar-refractivity contribution < 1.29 is 4.92 Å². The Balaban J connectivity index is 0.000000167. The third-order valence-corrected chi connectivity index (χ3v) is 9.20. The number of hydrogen-bond donors (Lipinski definition) is 3. The Labute approximate surface area is 313 Å². The van der Waals surface area contributed by atoms with Crippen molar-refractivity contribution in [3.8, 4) is 22.5 Å². The Bertz CT molecular complexity index is 2540. The minimum absolute atomic E-state index is 0.0510. The number of nitrogen functional groups attached to an aromatic ring is 1. The van der Waals surface area contributed by atoms with Crippen LogP contribution in [0.3, 0.4) is 0 Å². The first-order valence-electron chi connectivity index (χ1n) is 17.6. The molecule has 10 heteroatoms. The summed E-state index contributed by atoms with van der Waals surface area (Å²) in [4.78, 5) is 28.8. The van der Waals surface area contributed by atoms with E-state index in [2.05, 4.69) is 61.8 Å². The average molecular weight is 711 g/mol. The fraction of sp³-hybridized carbons (Fsp3) is 0.0909. The van der Waals surface area contributed by atoms with Crippen molar-refractivity contribution in [1.82, 2.24) is 19.9 Å². The molecule has 0 fully saturated rings. The van der Waals surface area contributed by atoms with Crippen LogP contribution in [-0.2, 0) is 0 Å². The SMILES string of the molecule is C[C@@H](Nc1cc(-c2cccc3ncccc23)ncc1N)c1ccccc1.C[C@@H](Nc1cc(-c2cccc3ncccc23)ncc1[N+](=O)[O-])c1ccccc1. The summed E-state index contributed by atoms with van der Waals surface area (Å²) in [6.45, 7) is 4.09. The summed E-state index contributed by atoms with van der Waals surface area (Å²) in [7, 11) is 0. The van der Waals surface area contributed by atoms with Crippen LogP contribution in [0.2, 0.25) is 0 Å². The largest absolute Gasteiger partial charge is 0.396 e. The first-order chi connectivity index (χ1) is 26.4. The molecule has 0 unspecified atom stereocenters. The first-order valence-corrected chi connectivity index (χ1v) is 17.6. The van der Waals surface area contributed by atoms with E-state index in [1.54, 1.807) is 24.7 Å². The van der Waals surface area contributed by atoms with Crippen LogP contribution in [0.25, 0.3) is 44.3 Å². The van der Waals surface area contributed by atoms with E-state index in [1.165, 1.54) is 11.8 Å². The molecule has 266 valence electrons. The van der Waals surface area contributed by atoms with Crippen LogP contribution >= 0.6 is 0 Å².